The Labute approximate surface area is 148 Å². The lowest BCUT2D eigenvalue weighted by atomic mass is 9.89. The fourth-order valence-electron chi connectivity index (χ4n) is 3.18. The molecule has 1 N–H and O–H groups in total. The first-order valence-electron chi connectivity index (χ1n) is 8.59. The molecule has 25 heavy (non-hydrogen) atoms. The fraction of sp³-hybridized carbons (Fsp3) is 0.400. The molecule has 1 aromatic heterocycles. The van der Waals surface area contributed by atoms with Gasteiger partial charge >= 0.3 is 0 Å². The molecule has 2 aromatic rings. The molecule has 1 aliphatic rings. The highest BCUT2D eigenvalue weighted by molar-refractivity contribution is 5.97. The molecule has 2 amide bonds. The molecule has 0 saturated heterocycles. The summed E-state index contributed by atoms with van der Waals surface area (Å²) in [4.78, 5) is 26.4. The average Bonchev–Trinajstić information content (AvgIpc) is 3.07. The van der Waals surface area contributed by atoms with Gasteiger partial charge in [0.2, 0.25) is 5.91 Å². The number of hydrogen-bond donors (Lipinski definition) is 1. The molecule has 1 atom stereocenters. The minimum absolute atomic E-state index is 0.00792. The number of anilines is 1. The van der Waals surface area contributed by atoms with E-state index < -0.39 is 0 Å². The summed E-state index contributed by atoms with van der Waals surface area (Å²) in [5.74, 6) is -0.0164. The van der Waals surface area contributed by atoms with E-state index in [4.69, 9.17) is 0 Å². The van der Waals surface area contributed by atoms with E-state index in [-0.39, 0.29) is 23.3 Å². The van der Waals surface area contributed by atoms with Gasteiger partial charge in [0.1, 0.15) is 0 Å². The minimum atomic E-state index is -0.105. The van der Waals surface area contributed by atoms with Crippen molar-refractivity contribution < 1.29 is 9.59 Å². The van der Waals surface area contributed by atoms with Crippen LogP contribution >= 0.6 is 0 Å². The smallest absolute Gasteiger partial charge is 0.252 e. The summed E-state index contributed by atoms with van der Waals surface area (Å²) in [7, 11) is 1.80. The van der Waals surface area contributed by atoms with Gasteiger partial charge in [0.25, 0.3) is 5.91 Å². The molecule has 5 heteroatoms. The van der Waals surface area contributed by atoms with Crippen LogP contribution in [0.1, 0.15) is 49.0 Å². The summed E-state index contributed by atoms with van der Waals surface area (Å²) in [6.07, 6.45) is 4.20. The first-order valence-corrected chi connectivity index (χ1v) is 8.59. The summed E-state index contributed by atoms with van der Waals surface area (Å²) >= 11 is 0. The van der Waals surface area contributed by atoms with Gasteiger partial charge in [0, 0.05) is 49.6 Å². The van der Waals surface area contributed by atoms with Gasteiger partial charge in [-0.25, -0.2) is 0 Å². The van der Waals surface area contributed by atoms with E-state index in [1.807, 2.05) is 47.3 Å². The number of nitrogens with one attached hydrogen (secondary N) is 1. The quantitative estimate of drug-likeness (QED) is 0.934. The summed E-state index contributed by atoms with van der Waals surface area (Å²) in [5.41, 5.74) is 2.62. The van der Waals surface area contributed by atoms with Crippen LogP contribution in [0.2, 0.25) is 0 Å². The Hall–Kier alpha value is -2.56. The lowest BCUT2D eigenvalue weighted by molar-refractivity contribution is -0.119. The van der Waals surface area contributed by atoms with E-state index in [0.29, 0.717) is 18.5 Å². The predicted octanol–water partition coefficient (Wildman–Crippen LogP) is 3.12. The van der Waals surface area contributed by atoms with Crippen molar-refractivity contribution in [2.45, 2.75) is 38.6 Å². The van der Waals surface area contributed by atoms with Crippen molar-refractivity contribution in [3.05, 3.63) is 53.9 Å². The number of aromatic nitrogens is 1. The fourth-order valence-corrected chi connectivity index (χ4v) is 3.18. The SMILES string of the molecule is CN1C(=O)C[C@H](CNC(=O)c2ccn(C(C)(C)C)c2)c2ccccc21. The van der Waals surface area contributed by atoms with Crippen LogP contribution in [0.15, 0.2) is 42.7 Å². The molecule has 132 valence electrons. The second-order valence-corrected chi connectivity index (χ2v) is 7.60. The average molecular weight is 339 g/mol. The molecule has 0 bridgehead atoms. The zero-order chi connectivity index (χ0) is 18.2. The van der Waals surface area contributed by atoms with Crippen molar-refractivity contribution in [2.24, 2.45) is 0 Å². The van der Waals surface area contributed by atoms with Gasteiger partial charge in [-0.2, -0.15) is 0 Å². The van der Waals surface area contributed by atoms with E-state index in [1.165, 1.54) is 0 Å². The number of hydrogen-bond acceptors (Lipinski definition) is 2. The topological polar surface area (TPSA) is 54.3 Å². The first-order chi connectivity index (χ1) is 11.8. The maximum atomic E-state index is 12.5. The Balaban J connectivity index is 1.71. The highest BCUT2D eigenvalue weighted by Gasteiger charge is 2.29. The van der Waals surface area contributed by atoms with Crippen molar-refractivity contribution in [1.29, 1.82) is 0 Å². The Morgan fingerprint density at radius 2 is 1.96 bits per heavy atom. The number of carbonyl (C=O) groups is 2. The summed E-state index contributed by atoms with van der Waals surface area (Å²) in [5, 5.41) is 2.99. The van der Waals surface area contributed by atoms with Crippen molar-refractivity contribution in [1.82, 2.24) is 9.88 Å². The number of benzene rings is 1. The molecule has 2 heterocycles. The Morgan fingerprint density at radius 1 is 1.24 bits per heavy atom. The molecule has 0 unspecified atom stereocenters. The van der Waals surface area contributed by atoms with Gasteiger partial charge in [-0.05, 0) is 38.5 Å². The van der Waals surface area contributed by atoms with Gasteiger partial charge in [0.05, 0.1) is 5.56 Å². The second kappa shape index (κ2) is 6.39. The molecule has 0 spiro atoms. The molecule has 0 radical (unpaired) electrons. The number of rotatable bonds is 3. The van der Waals surface area contributed by atoms with Crippen LogP contribution in [0.5, 0.6) is 0 Å². The van der Waals surface area contributed by atoms with Crippen molar-refractivity contribution >= 4 is 17.5 Å². The van der Waals surface area contributed by atoms with Gasteiger partial charge in [-0.15, -0.1) is 0 Å². The lowest BCUT2D eigenvalue weighted by Gasteiger charge is -2.31. The highest BCUT2D eigenvalue weighted by Crippen LogP contribution is 2.34. The Kier molecular flexibility index (Phi) is 4.41. The largest absolute Gasteiger partial charge is 0.351 e. The van der Waals surface area contributed by atoms with Crippen LogP contribution in [0.3, 0.4) is 0 Å². The van der Waals surface area contributed by atoms with E-state index in [1.54, 1.807) is 11.9 Å². The predicted molar refractivity (Wildman–Crippen MR) is 99.0 cm³/mol. The molecule has 1 aromatic carbocycles. The Morgan fingerprint density at radius 3 is 2.64 bits per heavy atom. The molecule has 0 aliphatic carbocycles. The molecule has 1 aliphatic heterocycles. The summed E-state index contributed by atoms with van der Waals surface area (Å²) in [6, 6.07) is 9.71. The first kappa shape index (κ1) is 17.3. The second-order valence-electron chi connectivity index (χ2n) is 7.60. The molecule has 5 nitrogen and oxygen atoms in total. The van der Waals surface area contributed by atoms with Crippen LogP contribution in [0, 0.1) is 0 Å². The summed E-state index contributed by atoms with van der Waals surface area (Å²) < 4.78 is 2.02. The van der Waals surface area contributed by atoms with Gasteiger partial charge in [-0.3, -0.25) is 9.59 Å². The van der Waals surface area contributed by atoms with Crippen LogP contribution < -0.4 is 10.2 Å². The molecule has 0 fully saturated rings. The zero-order valence-corrected chi connectivity index (χ0v) is 15.2. The van der Waals surface area contributed by atoms with Crippen molar-refractivity contribution in [3.8, 4) is 0 Å². The zero-order valence-electron chi connectivity index (χ0n) is 15.2. The third-order valence-electron chi connectivity index (χ3n) is 4.77. The molecule has 3 rings (SSSR count). The number of fused-ring (bicyclic) bond motifs is 1. The van der Waals surface area contributed by atoms with Crippen LogP contribution in [-0.4, -0.2) is 30.0 Å². The van der Waals surface area contributed by atoms with Gasteiger partial charge in [-0.1, -0.05) is 18.2 Å². The number of para-hydroxylation sites is 1. The third-order valence-corrected chi connectivity index (χ3v) is 4.77. The van der Waals surface area contributed by atoms with Crippen LogP contribution in [0.4, 0.5) is 5.69 Å². The third kappa shape index (κ3) is 3.45. The van der Waals surface area contributed by atoms with Gasteiger partial charge in [0.15, 0.2) is 0 Å². The Bertz CT molecular complexity index is 801. The normalized spacial score (nSPS) is 17.4. The minimum Gasteiger partial charge on any atom is -0.351 e. The lowest BCUT2D eigenvalue weighted by Crippen LogP contribution is -2.37. The van der Waals surface area contributed by atoms with E-state index >= 15 is 0 Å². The number of amides is 2. The van der Waals surface area contributed by atoms with E-state index in [9.17, 15) is 9.59 Å². The molecular weight excluding hydrogens is 314 g/mol. The standard InChI is InChI=1S/C20H25N3O2/c1-20(2,3)23-10-9-14(13-23)19(25)21-12-15-11-18(24)22(4)17-8-6-5-7-16(15)17/h5-10,13,15H,11-12H2,1-4H3,(H,21,25)/t15-/m1/s1. The highest BCUT2D eigenvalue weighted by atomic mass is 16.2. The van der Waals surface area contributed by atoms with Crippen molar-refractivity contribution in [2.75, 3.05) is 18.5 Å². The monoisotopic (exact) mass is 339 g/mol. The summed E-state index contributed by atoms with van der Waals surface area (Å²) in [6.45, 7) is 6.73. The van der Waals surface area contributed by atoms with Crippen molar-refractivity contribution in [3.63, 3.8) is 0 Å². The van der Waals surface area contributed by atoms with Crippen LogP contribution in [-0.2, 0) is 10.3 Å². The van der Waals surface area contributed by atoms with E-state index in [0.717, 1.165) is 11.3 Å². The van der Waals surface area contributed by atoms with Crippen LogP contribution in [0.25, 0.3) is 0 Å². The maximum Gasteiger partial charge on any atom is 0.252 e. The number of nitrogens with zero attached hydrogens (tertiary/aromatic N) is 2. The maximum absolute atomic E-state index is 12.5. The van der Waals surface area contributed by atoms with Gasteiger partial charge < -0.3 is 14.8 Å². The number of carbonyl (C=O) groups excluding carboxylic acids is 2. The van der Waals surface area contributed by atoms with E-state index in [2.05, 4.69) is 26.1 Å². The molecule has 0 saturated carbocycles. The molecular formula is C20H25N3O2.